The Morgan fingerprint density at radius 3 is 2.04 bits per heavy atom. The summed E-state index contributed by atoms with van der Waals surface area (Å²) in [4.78, 5) is 0. The molecule has 1 aliphatic rings. The van der Waals surface area contributed by atoms with Crippen LogP contribution in [0.5, 0.6) is 0 Å². The summed E-state index contributed by atoms with van der Waals surface area (Å²) in [5.74, 6) is 0.298. The molecule has 24 heavy (non-hydrogen) atoms. The topological polar surface area (TPSA) is 18.5 Å². The predicted octanol–water partition coefficient (Wildman–Crippen LogP) is 5.77. The fourth-order valence-corrected chi connectivity index (χ4v) is 3.32. The van der Waals surface area contributed by atoms with Crippen LogP contribution in [0.3, 0.4) is 0 Å². The van der Waals surface area contributed by atoms with E-state index in [1.807, 2.05) is 39.9 Å². The lowest BCUT2D eigenvalue weighted by Gasteiger charge is -2.48. The Morgan fingerprint density at radius 2 is 1.62 bits per heavy atom. The lowest BCUT2D eigenvalue weighted by atomic mass is 9.86. The first-order valence-electron chi connectivity index (χ1n) is 7.98. The lowest BCUT2D eigenvalue weighted by molar-refractivity contribution is -0.264. The summed E-state index contributed by atoms with van der Waals surface area (Å²) in [7, 11) is -2.31. The average Bonchev–Trinajstić information content (AvgIpc) is 2.44. The minimum Gasteiger partial charge on any atom is -0.470 e. The van der Waals surface area contributed by atoms with E-state index in [1.165, 1.54) is 6.92 Å². The van der Waals surface area contributed by atoms with E-state index in [0.717, 1.165) is 0 Å². The lowest BCUT2D eigenvalue weighted by Crippen LogP contribution is -2.59. The monoisotopic (exact) mass is 358 g/mol. The van der Waals surface area contributed by atoms with Crippen LogP contribution in [0.4, 0.5) is 13.2 Å². The number of ether oxygens (including phenoxy) is 1. The fraction of sp³-hybridized carbons (Fsp3) is 0.556. The molecule has 0 aliphatic carbocycles. The van der Waals surface area contributed by atoms with Gasteiger partial charge in [0, 0.05) is 11.1 Å². The number of benzene rings is 1. The molecule has 1 atom stereocenters. The zero-order valence-electron chi connectivity index (χ0n) is 15.0. The predicted molar refractivity (Wildman–Crippen MR) is 92.1 cm³/mol. The highest BCUT2D eigenvalue weighted by atomic mass is 28.4. The van der Waals surface area contributed by atoms with E-state index >= 15 is 0 Å². The molecular formula is C18H25F3O2Si. The minimum atomic E-state index is -4.52. The van der Waals surface area contributed by atoms with Crippen molar-refractivity contribution in [1.29, 1.82) is 0 Å². The van der Waals surface area contributed by atoms with Gasteiger partial charge in [0.1, 0.15) is 5.76 Å². The molecule has 2 nitrogen and oxygen atoms in total. The van der Waals surface area contributed by atoms with E-state index < -0.39 is 26.7 Å². The second-order valence-corrected chi connectivity index (χ2v) is 12.6. The van der Waals surface area contributed by atoms with Crippen molar-refractivity contribution in [1.82, 2.24) is 0 Å². The van der Waals surface area contributed by atoms with Gasteiger partial charge in [0.25, 0.3) is 0 Å². The molecule has 1 heterocycles. The Hall–Kier alpha value is -1.27. The summed E-state index contributed by atoms with van der Waals surface area (Å²) in [5, 5.41) is -0.163. The minimum absolute atomic E-state index is 0.163. The van der Waals surface area contributed by atoms with Gasteiger partial charge in [-0.2, -0.15) is 13.2 Å². The molecule has 2 rings (SSSR count). The summed E-state index contributed by atoms with van der Waals surface area (Å²) in [5.41, 5.74) is -1.50. The summed E-state index contributed by atoms with van der Waals surface area (Å²) in [6.45, 7) is 10.9. The third-order valence-corrected chi connectivity index (χ3v) is 9.64. The first kappa shape index (κ1) is 19.1. The zero-order valence-corrected chi connectivity index (χ0v) is 16.0. The van der Waals surface area contributed by atoms with E-state index in [2.05, 4.69) is 0 Å². The molecule has 1 aromatic carbocycles. The van der Waals surface area contributed by atoms with Crippen molar-refractivity contribution in [2.75, 3.05) is 6.61 Å². The standard InChI is InChI=1S/C18H25F3O2Si/c1-13-15(14-10-8-7-9-11-14)23-17(13,18(19,20)21)12-22-24(5,6)16(2,3)4/h7-11H,12H2,1-6H3. The van der Waals surface area contributed by atoms with Crippen LogP contribution in [0, 0.1) is 0 Å². The highest BCUT2D eigenvalue weighted by molar-refractivity contribution is 6.74. The molecule has 0 saturated carbocycles. The quantitative estimate of drug-likeness (QED) is 0.636. The molecule has 1 aromatic rings. The van der Waals surface area contributed by atoms with Crippen LogP contribution in [0.15, 0.2) is 35.9 Å². The number of hydrogen-bond donors (Lipinski definition) is 0. The molecule has 0 radical (unpaired) electrons. The molecule has 6 heteroatoms. The number of alkyl halides is 3. The van der Waals surface area contributed by atoms with E-state index in [0.29, 0.717) is 11.3 Å². The van der Waals surface area contributed by atoms with Gasteiger partial charge in [0.2, 0.25) is 5.60 Å². The van der Waals surface area contributed by atoms with Gasteiger partial charge in [-0.3, -0.25) is 0 Å². The Bertz CT molecular complexity index is 630. The molecule has 0 amide bonds. The van der Waals surface area contributed by atoms with Crippen molar-refractivity contribution >= 4 is 14.1 Å². The summed E-state index contributed by atoms with van der Waals surface area (Å²) >= 11 is 0. The highest BCUT2D eigenvalue weighted by Crippen LogP contribution is 2.52. The van der Waals surface area contributed by atoms with Crippen molar-refractivity contribution < 1.29 is 22.3 Å². The first-order chi connectivity index (χ1) is 10.8. The van der Waals surface area contributed by atoms with Gasteiger partial charge in [-0.15, -0.1) is 0 Å². The van der Waals surface area contributed by atoms with Gasteiger partial charge >= 0.3 is 6.18 Å². The number of hydrogen-bond acceptors (Lipinski definition) is 2. The molecule has 134 valence electrons. The van der Waals surface area contributed by atoms with E-state index in [1.54, 1.807) is 24.3 Å². The highest BCUT2D eigenvalue weighted by Gasteiger charge is 2.65. The molecule has 0 spiro atoms. The van der Waals surface area contributed by atoms with Crippen LogP contribution in [0.1, 0.15) is 33.3 Å². The van der Waals surface area contributed by atoms with E-state index in [-0.39, 0.29) is 10.6 Å². The maximum atomic E-state index is 13.7. The Kier molecular flexibility index (Phi) is 4.70. The Balaban J connectivity index is 2.31. The summed E-state index contributed by atoms with van der Waals surface area (Å²) < 4.78 is 52.4. The number of rotatable bonds is 4. The average molecular weight is 358 g/mol. The Labute approximate surface area is 142 Å². The van der Waals surface area contributed by atoms with Crippen molar-refractivity contribution in [3.05, 3.63) is 41.5 Å². The van der Waals surface area contributed by atoms with Crippen LogP contribution in [0.25, 0.3) is 5.76 Å². The third-order valence-electron chi connectivity index (χ3n) is 5.16. The molecule has 0 bridgehead atoms. The van der Waals surface area contributed by atoms with Crippen LogP contribution < -0.4 is 0 Å². The maximum absolute atomic E-state index is 13.7. The molecule has 0 N–H and O–H groups in total. The van der Waals surface area contributed by atoms with Gasteiger partial charge in [-0.1, -0.05) is 51.1 Å². The fourth-order valence-electron chi connectivity index (χ4n) is 2.32. The maximum Gasteiger partial charge on any atom is 0.434 e. The van der Waals surface area contributed by atoms with Crippen molar-refractivity contribution in [2.24, 2.45) is 0 Å². The van der Waals surface area contributed by atoms with Crippen molar-refractivity contribution in [2.45, 2.75) is 57.6 Å². The van der Waals surface area contributed by atoms with Gasteiger partial charge < -0.3 is 9.16 Å². The molecular weight excluding hydrogens is 333 g/mol. The van der Waals surface area contributed by atoms with Crippen LogP contribution in [0.2, 0.25) is 18.1 Å². The third kappa shape index (κ3) is 3.13. The van der Waals surface area contributed by atoms with Crippen LogP contribution in [-0.4, -0.2) is 26.7 Å². The van der Waals surface area contributed by atoms with Gasteiger partial charge in [0.15, 0.2) is 8.32 Å². The van der Waals surface area contributed by atoms with Gasteiger partial charge in [0.05, 0.1) is 6.61 Å². The van der Waals surface area contributed by atoms with Crippen molar-refractivity contribution in [3.63, 3.8) is 0 Å². The summed E-state index contributed by atoms with van der Waals surface area (Å²) in [6.07, 6.45) is -4.52. The van der Waals surface area contributed by atoms with Crippen LogP contribution in [-0.2, 0) is 9.16 Å². The van der Waals surface area contributed by atoms with Gasteiger partial charge in [-0.25, -0.2) is 0 Å². The SMILES string of the molecule is CC1=C(c2ccccc2)OC1(CO[Si](C)(C)C(C)(C)C)C(F)(F)F. The normalized spacial score (nSPS) is 22.2. The number of halogens is 3. The second kappa shape index (κ2) is 5.91. The van der Waals surface area contributed by atoms with Crippen molar-refractivity contribution in [3.8, 4) is 0 Å². The molecule has 1 aliphatic heterocycles. The van der Waals surface area contributed by atoms with E-state index in [4.69, 9.17) is 9.16 Å². The van der Waals surface area contributed by atoms with Gasteiger partial charge in [-0.05, 0) is 25.1 Å². The summed E-state index contributed by atoms with van der Waals surface area (Å²) in [6, 6.07) is 8.86. The molecule has 0 aromatic heterocycles. The van der Waals surface area contributed by atoms with E-state index in [9.17, 15) is 13.2 Å². The molecule has 0 saturated heterocycles. The zero-order chi connectivity index (χ0) is 18.4. The first-order valence-corrected chi connectivity index (χ1v) is 10.9. The molecule has 1 unspecified atom stereocenters. The smallest absolute Gasteiger partial charge is 0.434 e. The largest absolute Gasteiger partial charge is 0.470 e. The van der Waals surface area contributed by atoms with Crippen LogP contribution >= 0.6 is 0 Å². The second-order valence-electron chi connectivity index (χ2n) is 7.80. The molecule has 0 fully saturated rings. The Morgan fingerprint density at radius 1 is 1.08 bits per heavy atom.